The summed E-state index contributed by atoms with van der Waals surface area (Å²) >= 11 is 5.73. The van der Waals surface area contributed by atoms with Crippen LogP contribution in [0, 0.1) is 0 Å². The molecule has 0 heterocycles. The van der Waals surface area contributed by atoms with Crippen LogP contribution in [0.15, 0.2) is 53.6 Å². The zero-order valence-corrected chi connectivity index (χ0v) is 29.0. The largest absolute Gasteiger partial charge is 0.491 e. The maximum absolute atomic E-state index is 12.7. The monoisotopic (exact) mass is 662 g/mol. The van der Waals surface area contributed by atoms with Gasteiger partial charge in [-0.15, -0.1) is 9.88 Å². The van der Waals surface area contributed by atoms with Gasteiger partial charge in [0.15, 0.2) is 11.8 Å². The molecule has 0 aliphatic rings. The van der Waals surface area contributed by atoms with E-state index < -0.39 is 22.0 Å². The highest BCUT2D eigenvalue weighted by atomic mass is 32.4. The highest BCUT2D eigenvalue weighted by Crippen LogP contribution is 2.51. The van der Waals surface area contributed by atoms with E-state index in [2.05, 4.69) is 5.10 Å². The smallest absolute Gasteiger partial charge is 0.355 e. The van der Waals surface area contributed by atoms with Crippen LogP contribution in [-0.2, 0) is 45.5 Å². The third-order valence-corrected chi connectivity index (χ3v) is 12.7. The van der Waals surface area contributed by atoms with Crippen LogP contribution >= 0.6 is 22.0 Å². The van der Waals surface area contributed by atoms with Gasteiger partial charge in [-0.05, 0) is 67.8 Å². The molecule has 0 aliphatic carbocycles. The van der Waals surface area contributed by atoms with Crippen molar-refractivity contribution < 1.29 is 36.7 Å². The van der Waals surface area contributed by atoms with Gasteiger partial charge in [0.25, 0.3) is 5.85 Å². The van der Waals surface area contributed by atoms with Crippen LogP contribution in [-0.4, -0.2) is 82.4 Å². The number of rotatable bonds is 19. The van der Waals surface area contributed by atoms with Crippen molar-refractivity contribution >= 4 is 40.1 Å². The minimum absolute atomic E-state index is 0.0638. The summed E-state index contributed by atoms with van der Waals surface area (Å²) in [7, 11) is 0.325. The number of benzene rings is 2. The number of hydrogen-bond acceptors (Lipinski definition) is 11. The van der Waals surface area contributed by atoms with E-state index in [0.717, 1.165) is 16.9 Å². The molecule has 0 aliphatic heterocycles. The molecule has 0 N–H and O–H groups in total. The molecule has 0 saturated heterocycles. The molecule has 0 bridgehead atoms. The number of nitrogens with zero attached hydrogens (tertiary/aromatic N) is 3. The van der Waals surface area contributed by atoms with Crippen LogP contribution in [0.25, 0.3) is 0 Å². The molecule has 0 amide bonds. The molecule has 0 fully saturated rings. The van der Waals surface area contributed by atoms with Gasteiger partial charge in [0, 0.05) is 41.9 Å². The Morgan fingerprint density at radius 2 is 1.31 bits per heavy atom. The second-order valence-electron chi connectivity index (χ2n) is 9.51. The van der Waals surface area contributed by atoms with Crippen molar-refractivity contribution in [3.05, 3.63) is 59.7 Å². The average Bonchev–Trinajstić information content (AvgIpc) is 2.99. The minimum atomic E-state index is -3.39. The van der Waals surface area contributed by atoms with Gasteiger partial charge in [-0.25, -0.2) is 0 Å². The predicted molar refractivity (Wildman–Crippen MR) is 172 cm³/mol. The molecule has 2 aromatic rings. The summed E-state index contributed by atoms with van der Waals surface area (Å²) in [6.07, 6.45) is 2.33. The van der Waals surface area contributed by atoms with E-state index in [1.165, 1.54) is 28.4 Å². The summed E-state index contributed by atoms with van der Waals surface area (Å²) < 4.78 is 59.3. The first-order valence-electron chi connectivity index (χ1n) is 13.3. The lowest BCUT2D eigenvalue weighted by Gasteiger charge is -2.27. The molecule has 11 nitrogen and oxygen atoms in total. The average molecular weight is 663 g/mol. The van der Waals surface area contributed by atoms with E-state index in [1.807, 2.05) is 76.3 Å². The van der Waals surface area contributed by atoms with E-state index in [-0.39, 0.29) is 24.5 Å². The Hall–Kier alpha value is -1.71. The Labute approximate surface area is 256 Å². The molecule has 2 atom stereocenters. The normalized spacial score (nSPS) is 13.5. The van der Waals surface area contributed by atoms with Crippen molar-refractivity contribution in [3.8, 4) is 11.5 Å². The molecular formula is C27H43N3O8P3S+. The fourth-order valence-electron chi connectivity index (χ4n) is 3.66. The zero-order valence-electron chi connectivity index (χ0n) is 25.5. The van der Waals surface area contributed by atoms with Gasteiger partial charge >= 0.3 is 22.0 Å². The Morgan fingerprint density at radius 3 is 1.79 bits per heavy atom. The topological polar surface area (TPSA) is 108 Å². The van der Waals surface area contributed by atoms with Crippen LogP contribution in [0.2, 0.25) is 0 Å². The zero-order chi connectivity index (χ0) is 31.3. The van der Waals surface area contributed by atoms with E-state index >= 15 is 0 Å². The second kappa shape index (κ2) is 17.6. The first-order chi connectivity index (χ1) is 19.9. The minimum Gasteiger partial charge on any atom is -0.491 e. The van der Waals surface area contributed by atoms with E-state index in [1.54, 1.807) is 15.9 Å². The van der Waals surface area contributed by atoms with Gasteiger partial charge in [-0.1, -0.05) is 12.1 Å². The van der Waals surface area contributed by atoms with Crippen molar-refractivity contribution in [2.75, 3.05) is 54.6 Å². The predicted octanol–water partition coefficient (Wildman–Crippen LogP) is 6.75. The first kappa shape index (κ1) is 36.5. The lowest BCUT2D eigenvalue weighted by molar-refractivity contribution is 0.224. The fraction of sp³-hybridized carbons (Fsp3) is 0.519. The van der Waals surface area contributed by atoms with Gasteiger partial charge in [0.2, 0.25) is 0 Å². The Kier molecular flexibility index (Phi) is 15.2. The highest BCUT2D eigenvalue weighted by Gasteiger charge is 2.32. The van der Waals surface area contributed by atoms with Crippen LogP contribution in [0.5, 0.6) is 11.5 Å². The van der Waals surface area contributed by atoms with Gasteiger partial charge in [0.05, 0.1) is 19.4 Å². The lowest BCUT2D eigenvalue weighted by Crippen LogP contribution is -2.29. The van der Waals surface area contributed by atoms with Crippen LogP contribution in [0.3, 0.4) is 0 Å². The van der Waals surface area contributed by atoms with Crippen LogP contribution < -0.4 is 9.47 Å². The molecule has 0 aromatic heterocycles. The Balaban J connectivity index is 1.96. The number of hydrazone groups is 1. The summed E-state index contributed by atoms with van der Waals surface area (Å²) in [6, 6.07) is 15.4. The van der Waals surface area contributed by atoms with E-state index in [0.29, 0.717) is 18.7 Å². The summed E-state index contributed by atoms with van der Waals surface area (Å²) in [5, 5.41) is 4.51. The van der Waals surface area contributed by atoms with Crippen LogP contribution in [0.4, 0.5) is 0 Å². The quantitative estimate of drug-likeness (QED) is 0.0905. The van der Waals surface area contributed by atoms with Crippen LogP contribution in [0.1, 0.15) is 31.9 Å². The lowest BCUT2D eigenvalue weighted by atomic mass is 10.1. The Morgan fingerprint density at radius 1 is 0.833 bits per heavy atom. The molecule has 2 aromatic carbocycles. The number of ether oxygens (including phenoxy) is 2. The summed E-state index contributed by atoms with van der Waals surface area (Å²) in [6.45, 7) is 5.19. The molecule has 15 heteroatoms. The van der Waals surface area contributed by atoms with E-state index in [9.17, 15) is 9.13 Å². The molecule has 0 spiro atoms. The molecule has 42 heavy (non-hydrogen) atoms. The summed E-state index contributed by atoms with van der Waals surface area (Å²) in [4.78, 5) is 1.70. The van der Waals surface area contributed by atoms with Crippen molar-refractivity contribution in [1.29, 1.82) is 0 Å². The molecule has 2 rings (SSSR count). The van der Waals surface area contributed by atoms with E-state index in [4.69, 9.17) is 39.4 Å². The maximum atomic E-state index is 12.7. The van der Waals surface area contributed by atoms with Gasteiger partial charge in [-0.3, -0.25) is 14.0 Å². The highest BCUT2D eigenvalue weighted by molar-refractivity contribution is 8.04. The van der Waals surface area contributed by atoms with Crippen molar-refractivity contribution in [1.82, 2.24) is 9.68 Å². The first-order valence-corrected chi connectivity index (χ1v) is 19.1. The van der Waals surface area contributed by atoms with Gasteiger partial charge < -0.3 is 27.6 Å². The molecule has 234 valence electrons. The van der Waals surface area contributed by atoms with Crippen molar-refractivity contribution in [2.24, 2.45) is 5.10 Å². The molecule has 0 radical (unpaired) electrons. The molecule has 0 saturated carbocycles. The summed E-state index contributed by atoms with van der Waals surface area (Å²) in [5.74, 6) is 1.25. The van der Waals surface area contributed by atoms with Crippen molar-refractivity contribution in [2.45, 2.75) is 39.1 Å². The Bertz CT molecular complexity index is 1200. The second-order valence-corrected chi connectivity index (χ2v) is 17.0. The third-order valence-electron chi connectivity index (χ3n) is 6.03. The van der Waals surface area contributed by atoms with Crippen molar-refractivity contribution in [3.63, 3.8) is 0 Å². The third kappa shape index (κ3) is 12.1. The standard InChI is InChI=1S/C27H43N3O8P3S/c1-22(2)37-26-15-11-25(12-16-26)19-28-29(4)39(42)23(3)38-27-13-9-24(10-14-27)17-18-30(20-40(31,33-5)34-6)21-41(32,35-7)36-8/h9-16,19,22-23H,17-18,20-21H2,1-8H3/q+1. The number of hydrogen-bond donors (Lipinski definition) is 0. The van der Waals surface area contributed by atoms with Gasteiger partial charge in [-0.2, -0.15) is 0 Å². The van der Waals surface area contributed by atoms with Gasteiger partial charge in [0.1, 0.15) is 24.1 Å². The fourth-order valence-corrected chi connectivity index (χ4v) is 7.13. The maximum Gasteiger partial charge on any atom is 0.355 e. The summed E-state index contributed by atoms with van der Waals surface area (Å²) in [5.41, 5.74) is 1.94. The molecule has 2 unspecified atom stereocenters. The SMILES string of the molecule is COP(=O)(CN(CCc1ccc(OC(C)[P+](=S)N(C)N=Cc2ccc(OC(C)C)cc2)cc1)CP(=O)(OC)OC)OC. The molecular weight excluding hydrogens is 619 g/mol.